The SMILES string of the molecule is [C-]#[N+]/C(=C(\C)O)S(=O)(=O)C(F)(F)C(=O)NC(C)=O. The minimum Gasteiger partial charge on any atom is -0.523 e. The Morgan fingerprint density at radius 1 is 1.33 bits per heavy atom. The summed E-state index contributed by atoms with van der Waals surface area (Å²) >= 11 is 0. The van der Waals surface area contributed by atoms with E-state index >= 15 is 0 Å². The molecule has 0 atom stereocenters. The molecule has 18 heavy (non-hydrogen) atoms. The molecule has 0 aromatic carbocycles. The number of aliphatic hydroxyl groups is 1. The number of hydrogen-bond acceptors (Lipinski definition) is 5. The number of carbonyl (C=O) groups excluding carboxylic acids is 2. The van der Waals surface area contributed by atoms with E-state index in [9.17, 15) is 26.8 Å². The van der Waals surface area contributed by atoms with Gasteiger partial charge in [0.1, 0.15) is 5.76 Å². The van der Waals surface area contributed by atoms with Gasteiger partial charge < -0.3 is 5.11 Å². The number of sulfone groups is 1. The average molecular weight is 282 g/mol. The summed E-state index contributed by atoms with van der Waals surface area (Å²) in [6, 6.07) is 0. The van der Waals surface area contributed by atoms with Crippen LogP contribution in [0.1, 0.15) is 13.8 Å². The summed E-state index contributed by atoms with van der Waals surface area (Å²) in [5, 5.41) is 3.22. The Balaban J connectivity index is 5.78. The second kappa shape index (κ2) is 5.09. The van der Waals surface area contributed by atoms with Crippen molar-refractivity contribution in [2.75, 3.05) is 0 Å². The van der Waals surface area contributed by atoms with E-state index in [4.69, 9.17) is 11.7 Å². The first-order valence-electron chi connectivity index (χ1n) is 4.20. The Kier molecular flexibility index (Phi) is 4.52. The van der Waals surface area contributed by atoms with Crippen molar-refractivity contribution in [2.45, 2.75) is 19.1 Å². The molecule has 0 saturated carbocycles. The second-order valence-electron chi connectivity index (χ2n) is 3.03. The number of imide groups is 1. The highest BCUT2D eigenvalue weighted by Gasteiger charge is 2.56. The van der Waals surface area contributed by atoms with Crippen molar-refractivity contribution in [3.8, 4) is 0 Å². The maximum absolute atomic E-state index is 13.3. The van der Waals surface area contributed by atoms with Gasteiger partial charge in [0.05, 0.1) is 6.57 Å². The van der Waals surface area contributed by atoms with Crippen LogP contribution in [0.15, 0.2) is 10.8 Å². The number of halogens is 2. The van der Waals surface area contributed by atoms with E-state index < -0.39 is 37.7 Å². The number of hydrogen-bond donors (Lipinski definition) is 2. The number of carbonyl (C=O) groups is 2. The highest BCUT2D eigenvalue weighted by molar-refractivity contribution is 7.97. The van der Waals surface area contributed by atoms with Crippen molar-refractivity contribution in [1.29, 1.82) is 0 Å². The zero-order valence-electron chi connectivity index (χ0n) is 9.19. The lowest BCUT2D eigenvalue weighted by atomic mass is 10.6. The van der Waals surface area contributed by atoms with Gasteiger partial charge in [-0.15, -0.1) is 0 Å². The van der Waals surface area contributed by atoms with Crippen LogP contribution in [-0.4, -0.2) is 30.6 Å². The van der Waals surface area contributed by atoms with Crippen molar-refractivity contribution >= 4 is 21.7 Å². The topological polar surface area (TPSA) is 105 Å². The first kappa shape index (κ1) is 16.0. The normalized spacial score (nSPS) is 13.3. The largest absolute Gasteiger partial charge is 0.523 e. The summed E-state index contributed by atoms with van der Waals surface area (Å²) in [5.74, 6) is -4.76. The molecule has 0 aliphatic heterocycles. The van der Waals surface area contributed by atoms with Crippen LogP contribution in [0.5, 0.6) is 0 Å². The molecule has 0 aromatic rings. The fourth-order valence-corrected chi connectivity index (χ4v) is 1.86. The lowest BCUT2D eigenvalue weighted by Crippen LogP contribution is -2.47. The molecule has 0 rings (SSSR count). The summed E-state index contributed by atoms with van der Waals surface area (Å²) in [4.78, 5) is 23.5. The quantitative estimate of drug-likeness (QED) is 0.573. The van der Waals surface area contributed by atoms with Gasteiger partial charge in [0.15, 0.2) is 0 Å². The molecule has 7 nitrogen and oxygen atoms in total. The third-order valence-electron chi connectivity index (χ3n) is 1.56. The third-order valence-corrected chi connectivity index (χ3v) is 3.31. The maximum Gasteiger partial charge on any atom is 0.418 e. The van der Waals surface area contributed by atoms with Crippen LogP contribution in [-0.2, 0) is 19.4 Å². The summed E-state index contributed by atoms with van der Waals surface area (Å²) in [5.41, 5.74) is 0. The van der Waals surface area contributed by atoms with E-state index in [1.807, 2.05) is 0 Å². The number of allylic oxidation sites excluding steroid dienone is 1. The molecular formula is C8H8F2N2O5S. The zero-order valence-corrected chi connectivity index (χ0v) is 10.0. The van der Waals surface area contributed by atoms with Gasteiger partial charge in [0, 0.05) is 6.92 Å². The zero-order chi connectivity index (χ0) is 14.7. The van der Waals surface area contributed by atoms with Gasteiger partial charge in [-0.25, -0.2) is 13.3 Å². The molecule has 0 aliphatic carbocycles. The Hall–Kier alpha value is -2.02. The van der Waals surface area contributed by atoms with Crippen LogP contribution in [0.25, 0.3) is 4.85 Å². The van der Waals surface area contributed by atoms with Gasteiger partial charge >= 0.3 is 16.2 Å². The minimum atomic E-state index is -5.72. The molecule has 0 unspecified atom stereocenters. The van der Waals surface area contributed by atoms with Gasteiger partial charge in [0.2, 0.25) is 5.91 Å². The van der Waals surface area contributed by atoms with Crippen molar-refractivity contribution in [1.82, 2.24) is 5.32 Å². The highest BCUT2D eigenvalue weighted by atomic mass is 32.2. The summed E-state index contributed by atoms with van der Waals surface area (Å²) < 4.78 is 49.2. The Morgan fingerprint density at radius 3 is 2.06 bits per heavy atom. The van der Waals surface area contributed by atoms with E-state index in [1.165, 1.54) is 0 Å². The van der Waals surface area contributed by atoms with E-state index in [0.29, 0.717) is 6.92 Å². The number of aliphatic hydroxyl groups excluding tert-OH is 1. The van der Waals surface area contributed by atoms with Crippen LogP contribution in [0, 0.1) is 6.57 Å². The predicted octanol–water partition coefficient (Wildman–Crippen LogP) is 0.323. The van der Waals surface area contributed by atoms with E-state index in [0.717, 1.165) is 12.2 Å². The predicted molar refractivity (Wildman–Crippen MR) is 54.6 cm³/mol. The molecule has 0 aromatic heterocycles. The molecule has 0 heterocycles. The van der Waals surface area contributed by atoms with Gasteiger partial charge in [-0.3, -0.25) is 14.9 Å². The third kappa shape index (κ3) is 2.80. The molecule has 0 aliphatic rings. The van der Waals surface area contributed by atoms with Gasteiger partial charge in [-0.1, -0.05) is 0 Å². The molecule has 0 bridgehead atoms. The Labute approximate surface area is 101 Å². The van der Waals surface area contributed by atoms with Crippen LogP contribution in [0.3, 0.4) is 0 Å². The van der Waals surface area contributed by atoms with Crippen molar-refractivity contribution in [2.24, 2.45) is 0 Å². The Morgan fingerprint density at radius 2 is 1.78 bits per heavy atom. The van der Waals surface area contributed by atoms with Crippen LogP contribution >= 0.6 is 0 Å². The van der Waals surface area contributed by atoms with Gasteiger partial charge in [0.25, 0.3) is 9.84 Å². The van der Waals surface area contributed by atoms with Crippen LogP contribution in [0.2, 0.25) is 0 Å². The molecule has 100 valence electrons. The first-order chi connectivity index (χ1) is 7.98. The number of nitrogens with one attached hydrogen (secondary N) is 1. The lowest BCUT2D eigenvalue weighted by Gasteiger charge is -2.14. The van der Waals surface area contributed by atoms with Crippen molar-refractivity contribution < 1.29 is 31.9 Å². The standard InChI is InChI=1S/C8H8F2N2O5S/c1-4(13)6(11-3)18(16,17)8(9,10)7(15)12-5(2)14/h13H,1-2H3,(H,12,14,15)/b6-4-. The monoisotopic (exact) mass is 282 g/mol. The number of nitrogens with zero attached hydrogens (tertiary/aromatic N) is 1. The Bertz CT molecular complexity index is 555. The number of amides is 2. The smallest absolute Gasteiger partial charge is 0.418 e. The van der Waals surface area contributed by atoms with E-state index in [-0.39, 0.29) is 0 Å². The first-order valence-corrected chi connectivity index (χ1v) is 5.68. The number of alkyl halides is 2. The van der Waals surface area contributed by atoms with Gasteiger partial charge in [-0.05, 0) is 6.92 Å². The van der Waals surface area contributed by atoms with Crippen molar-refractivity contribution in [3.63, 3.8) is 0 Å². The fraction of sp³-hybridized carbons (Fsp3) is 0.375. The summed E-state index contributed by atoms with van der Waals surface area (Å²) in [7, 11) is -5.72. The van der Waals surface area contributed by atoms with Crippen LogP contribution < -0.4 is 5.32 Å². The molecule has 2 amide bonds. The maximum atomic E-state index is 13.3. The molecule has 2 N–H and O–H groups in total. The van der Waals surface area contributed by atoms with Crippen molar-refractivity contribution in [3.05, 3.63) is 22.2 Å². The van der Waals surface area contributed by atoms with E-state index in [2.05, 4.69) is 4.85 Å². The molecule has 0 fully saturated rings. The molecule has 0 radical (unpaired) electrons. The molecule has 10 heteroatoms. The van der Waals surface area contributed by atoms with E-state index in [1.54, 1.807) is 0 Å². The second-order valence-corrected chi connectivity index (χ2v) is 4.94. The highest BCUT2D eigenvalue weighted by Crippen LogP contribution is 2.30. The summed E-state index contributed by atoms with van der Waals surface area (Å²) in [6.45, 7) is 7.83. The number of rotatable bonds is 3. The fourth-order valence-electron chi connectivity index (χ4n) is 0.812. The average Bonchev–Trinajstić information content (AvgIpc) is 2.15. The van der Waals surface area contributed by atoms with Gasteiger partial charge in [-0.2, -0.15) is 8.78 Å². The lowest BCUT2D eigenvalue weighted by molar-refractivity contribution is -0.139. The molecular weight excluding hydrogens is 274 g/mol. The summed E-state index contributed by atoms with van der Waals surface area (Å²) in [6.07, 6.45) is 0. The molecule has 0 spiro atoms. The minimum absolute atomic E-state index is 0.698. The molecule has 0 saturated heterocycles. The van der Waals surface area contributed by atoms with Crippen LogP contribution in [0.4, 0.5) is 8.78 Å².